The van der Waals surface area contributed by atoms with Crippen LogP contribution in [0.15, 0.2) is 41.0 Å². The largest absolute Gasteiger partial charge is 0.444 e. The average Bonchev–Trinajstić information content (AvgIpc) is 2.89. The SMILES string of the molecule is CC(O)CCNC(=O)c1coc(-c2ccccc2)n1. The van der Waals surface area contributed by atoms with Gasteiger partial charge in [-0.3, -0.25) is 4.79 Å². The first kappa shape index (κ1) is 13.3. The zero-order chi connectivity index (χ0) is 13.7. The number of nitrogens with one attached hydrogen (secondary N) is 1. The molecule has 1 atom stereocenters. The number of hydrogen-bond acceptors (Lipinski definition) is 4. The average molecular weight is 260 g/mol. The second-order valence-corrected chi connectivity index (χ2v) is 4.30. The van der Waals surface area contributed by atoms with Gasteiger partial charge in [0.05, 0.1) is 6.10 Å². The highest BCUT2D eigenvalue weighted by molar-refractivity contribution is 5.92. The lowest BCUT2D eigenvalue weighted by Crippen LogP contribution is -2.26. The first-order valence-electron chi connectivity index (χ1n) is 6.14. The van der Waals surface area contributed by atoms with Gasteiger partial charge in [-0.2, -0.15) is 0 Å². The third-order valence-corrected chi connectivity index (χ3v) is 2.61. The number of hydrogen-bond donors (Lipinski definition) is 2. The summed E-state index contributed by atoms with van der Waals surface area (Å²) in [6, 6.07) is 9.38. The van der Waals surface area contributed by atoms with E-state index in [2.05, 4.69) is 10.3 Å². The fourth-order valence-corrected chi connectivity index (χ4v) is 1.58. The standard InChI is InChI=1S/C14H16N2O3/c1-10(17)7-8-15-13(18)12-9-19-14(16-12)11-5-3-2-4-6-11/h2-6,9-10,17H,7-8H2,1H3,(H,15,18). The maximum Gasteiger partial charge on any atom is 0.273 e. The van der Waals surface area contributed by atoms with Gasteiger partial charge in [0.2, 0.25) is 5.89 Å². The van der Waals surface area contributed by atoms with Gasteiger partial charge in [-0.15, -0.1) is 0 Å². The summed E-state index contributed by atoms with van der Waals surface area (Å²) in [5, 5.41) is 11.8. The van der Waals surface area contributed by atoms with Crippen molar-refractivity contribution in [3.8, 4) is 11.5 Å². The lowest BCUT2D eigenvalue weighted by atomic mass is 10.2. The maximum atomic E-state index is 11.8. The monoisotopic (exact) mass is 260 g/mol. The molecule has 1 unspecified atom stereocenters. The third kappa shape index (κ3) is 3.66. The molecule has 2 N–H and O–H groups in total. The summed E-state index contributed by atoms with van der Waals surface area (Å²) in [4.78, 5) is 15.9. The van der Waals surface area contributed by atoms with E-state index in [0.29, 0.717) is 18.9 Å². The molecule has 0 fully saturated rings. The molecule has 0 saturated carbocycles. The topological polar surface area (TPSA) is 75.4 Å². The number of rotatable bonds is 5. The van der Waals surface area contributed by atoms with Crippen molar-refractivity contribution >= 4 is 5.91 Å². The molecule has 0 spiro atoms. The van der Waals surface area contributed by atoms with Crippen LogP contribution in [0.3, 0.4) is 0 Å². The lowest BCUT2D eigenvalue weighted by molar-refractivity contribution is 0.0940. The Morgan fingerprint density at radius 2 is 2.16 bits per heavy atom. The van der Waals surface area contributed by atoms with Crippen molar-refractivity contribution in [2.75, 3.05) is 6.54 Å². The van der Waals surface area contributed by atoms with Gasteiger partial charge in [0.1, 0.15) is 6.26 Å². The summed E-state index contributed by atoms with van der Waals surface area (Å²) < 4.78 is 5.28. The number of amides is 1. The van der Waals surface area contributed by atoms with Crippen molar-refractivity contribution < 1.29 is 14.3 Å². The van der Waals surface area contributed by atoms with Gasteiger partial charge < -0.3 is 14.8 Å². The molecule has 1 amide bonds. The van der Waals surface area contributed by atoms with Crippen molar-refractivity contribution in [2.45, 2.75) is 19.4 Å². The van der Waals surface area contributed by atoms with Gasteiger partial charge in [-0.1, -0.05) is 18.2 Å². The zero-order valence-electron chi connectivity index (χ0n) is 10.7. The molecule has 1 aromatic heterocycles. The quantitative estimate of drug-likeness (QED) is 0.860. The molecule has 0 bridgehead atoms. The summed E-state index contributed by atoms with van der Waals surface area (Å²) in [7, 11) is 0. The van der Waals surface area contributed by atoms with Crippen LogP contribution in [0.2, 0.25) is 0 Å². The van der Waals surface area contributed by atoms with E-state index in [-0.39, 0.29) is 11.6 Å². The Kier molecular flexibility index (Phi) is 4.30. The number of oxazole rings is 1. The van der Waals surface area contributed by atoms with Crippen molar-refractivity contribution in [3.05, 3.63) is 42.3 Å². The molecular formula is C14H16N2O3. The molecule has 5 heteroatoms. The molecule has 2 aromatic rings. The minimum absolute atomic E-state index is 0.240. The van der Waals surface area contributed by atoms with Crippen LogP contribution < -0.4 is 5.32 Å². The number of nitrogens with zero attached hydrogens (tertiary/aromatic N) is 1. The van der Waals surface area contributed by atoms with Crippen molar-refractivity contribution in [3.63, 3.8) is 0 Å². The van der Waals surface area contributed by atoms with Crippen LogP contribution in [0.1, 0.15) is 23.8 Å². The van der Waals surface area contributed by atoms with E-state index >= 15 is 0 Å². The Morgan fingerprint density at radius 1 is 1.42 bits per heavy atom. The summed E-state index contributed by atoms with van der Waals surface area (Å²) in [5.74, 6) is 0.118. The number of carbonyl (C=O) groups excluding carboxylic acids is 1. The molecule has 2 rings (SSSR count). The van der Waals surface area contributed by atoms with Crippen LogP contribution in [-0.2, 0) is 0 Å². The van der Waals surface area contributed by atoms with Gasteiger partial charge in [-0.05, 0) is 25.5 Å². The molecule has 1 heterocycles. The van der Waals surface area contributed by atoms with Crippen LogP contribution >= 0.6 is 0 Å². The smallest absolute Gasteiger partial charge is 0.273 e. The van der Waals surface area contributed by atoms with Crippen molar-refractivity contribution in [2.24, 2.45) is 0 Å². The molecule has 0 saturated heterocycles. The number of aliphatic hydroxyl groups is 1. The van der Waals surface area contributed by atoms with Crippen LogP contribution in [0.5, 0.6) is 0 Å². The molecule has 1 aromatic carbocycles. The molecular weight excluding hydrogens is 244 g/mol. The minimum Gasteiger partial charge on any atom is -0.444 e. The molecule has 19 heavy (non-hydrogen) atoms. The summed E-state index contributed by atoms with van der Waals surface area (Å²) in [6.45, 7) is 2.08. The third-order valence-electron chi connectivity index (χ3n) is 2.61. The minimum atomic E-state index is -0.433. The number of benzene rings is 1. The maximum absolute atomic E-state index is 11.8. The normalized spacial score (nSPS) is 12.1. The van der Waals surface area contributed by atoms with Gasteiger partial charge in [0.25, 0.3) is 5.91 Å². The number of carbonyl (C=O) groups is 1. The Labute approximate surface area is 111 Å². The van der Waals surface area contributed by atoms with Crippen LogP contribution in [0.4, 0.5) is 0 Å². The van der Waals surface area contributed by atoms with E-state index in [1.807, 2.05) is 30.3 Å². The predicted molar refractivity (Wildman–Crippen MR) is 70.6 cm³/mol. The van der Waals surface area contributed by atoms with Crippen molar-refractivity contribution in [1.29, 1.82) is 0 Å². The molecule has 100 valence electrons. The van der Waals surface area contributed by atoms with Gasteiger partial charge >= 0.3 is 0 Å². The van der Waals surface area contributed by atoms with Crippen LogP contribution in [0.25, 0.3) is 11.5 Å². The molecule has 0 radical (unpaired) electrons. The summed E-state index contributed by atoms with van der Waals surface area (Å²) >= 11 is 0. The Balaban J connectivity index is 1.99. The molecule has 0 aliphatic rings. The highest BCUT2D eigenvalue weighted by atomic mass is 16.3. The fourth-order valence-electron chi connectivity index (χ4n) is 1.58. The number of aliphatic hydroxyl groups excluding tert-OH is 1. The number of aromatic nitrogens is 1. The summed E-state index contributed by atoms with van der Waals surface area (Å²) in [6.07, 6.45) is 1.41. The second kappa shape index (κ2) is 6.15. The zero-order valence-corrected chi connectivity index (χ0v) is 10.7. The van der Waals surface area contributed by atoms with Crippen molar-refractivity contribution in [1.82, 2.24) is 10.3 Å². The Hall–Kier alpha value is -2.14. The predicted octanol–water partition coefficient (Wildman–Crippen LogP) is 1.84. The fraction of sp³-hybridized carbons (Fsp3) is 0.286. The van der Waals surface area contributed by atoms with Gasteiger partial charge in [-0.25, -0.2) is 4.98 Å². The second-order valence-electron chi connectivity index (χ2n) is 4.30. The van der Waals surface area contributed by atoms with E-state index in [9.17, 15) is 4.79 Å². The first-order chi connectivity index (χ1) is 9.16. The highest BCUT2D eigenvalue weighted by Gasteiger charge is 2.12. The van der Waals surface area contributed by atoms with E-state index in [1.165, 1.54) is 6.26 Å². The molecule has 0 aliphatic heterocycles. The van der Waals surface area contributed by atoms with E-state index in [1.54, 1.807) is 6.92 Å². The van der Waals surface area contributed by atoms with E-state index in [0.717, 1.165) is 5.56 Å². The lowest BCUT2D eigenvalue weighted by Gasteiger charge is -2.04. The Morgan fingerprint density at radius 3 is 2.84 bits per heavy atom. The summed E-state index contributed by atoms with van der Waals surface area (Å²) in [5.41, 5.74) is 1.06. The highest BCUT2D eigenvalue weighted by Crippen LogP contribution is 2.17. The molecule has 5 nitrogen and oxygen atoms in total. The van der Waals surface area contributed by atoms with E-state index < -0.39 is 6.10 Å². The molecule has 0 aliphatic carbocycles. The first-order valence-corrected chi connectivity index (χ1v) is 6.14. The van der Waals surface area contributed by atoms with Crippen LogP contribution in [0, 0.1) is 0 Å². The van der Waals surface area contributed by atoms with Crippen LogP contribution in [-0.4, -0.2) is 28.6 Å². The van der Waals surface area contributed by atoms with E-state index in [4.69, 9.17) is 9.52 Å². The Bertz CT molecular complexity index is 535. The van der Waals surface area contributed by atoms with Gasteiger partial charge in [0, 0.05) is 12.1 Å². The van der Waals surface area contributed by atoms with Gasteiger partial charge in [0.15, 0.2) is 5.69 Å².